The van der Waals surface area contributed by atoms with Crippen molar-refractivity contribution in [1.29, 1.82) is 0 Å². The first-order chi connectivity index (χ1) is 7.49. The van der Waals surface area contributed by atoms with Crippen molar-refractivity contribution in [2.24, 2.45) is 5.92 Å². The quantitative estimate of drug-likeness (QED) is 0.734. The Morgan fingerprint density at radius 1 is 1.25 bits per heavy atom. The second-order valence-corrected chi connectivity index (χ2v) is 6.15. The maximum Gasteiger partial charge on any atom is 0.320 e. The summed E-state index contributed by atoms with van der Waals surface area (Å²) in [6.45, 7) is 0.361. The van der Waals surface area contributed by atoms with E-state index in [4.69, 9.17) is 5.11 Å². The van der Waals surface area contributed by atoms with Crippen LogP contribution < -0.4 is 4.72 Å². The average Bonchev–Trinajstić information content (AvgIpc) is 2.16. The maximum absolute atomic E-state index is 11.2. The number of hydrogen-bond donors (Lipinski definition) is 2. The first kappa shape index (κ1) is 13.4. The largest absolute Gasteiger partial charge is 0.480 e. The highest BCUT2D eigenvalue weighted by Gasteiger charge is 2.17. The molecule has 1 aliphatic rings. The van der Waals surface area contributed by atoms with E-state index < -0.39 is 21.7 Å². The van der Waals surface area contributed by atoms with Gasteiger partial charge in [-0.15, -0.1) is 0 Å². The van der Waals surface area contributed by atoms with Gasteiger partial charge in [-0.3, -0.25) is 4.79 Å². The van der Waals surface area contributed by atoms with E-state index in [2.05, 4.69) is 4.72 Å². The molecule has 0 aliphatic heterocycles. The minimum absolute atomic E-state index is 0.361. The Bertz CT molecular complexity index is 320. The topological polar surface area (TPSA) is 83.5 Å². The fourth-order valence-corrected chi connectivity index (χ4v) is 2.96. The Morgan fingerprint density at radius 2 is 1.88 bits per heavy atom. The van der Waals surface area contributed by atoms with Gasteiger partial charge in [-0.2, -0.15) is 0 Å². The number of sulfonamides is 1. The van der Waals surface area contributed by atoms with Gasteiger partial charge in [-0.05, 0) is 12.3 Å². The highest BCUT2D eigenvalue weighted by molar-refractivity contribution is 7.90. The van der Waals surface area contributed by atoms with Crippen LogP contribution in [0.2, 0.25) is 0 Å². The van der Waals surface area contributed by atoms with Crippen LogP contribution in [0.15, 0.2) is 0 Å². The Balaban J connectivity index is 2.21. The van der Waals surface area contributed by atoms with Crippen molar-refractivity contribution in [2.45, 2.75) is 38.5 Å². The summed E-state index contributed by atoms with van der Waals surface area (Å²) < 4.78 is 24.7. The molecular weight excluding hydrogens is 230 g/mol. The van der Waals surface area contributed by atoms with Crippen LogP contribution in [0, 0.1) is 5.92 Å². The van der Waals surface area contributed by atoms with E-state index in [9.17, 15) is 13.2 Å². The SMILES string of the molecule is O=C(O)CS(=O)(=O)NCCC1CCCCC1. The highest BCUT2D eigenvalue weighted by atomic mass is 32.2. The third-order valence-corrected chi connectivity index (χ3v) is 4.18. The van der Waals surface area contributed by atoms with Crippen LogP contribution in [0.3, 0.4) is 0 Å². The van der Waals surface area contributed by atoms with Gasteiger partial charge in [0, 0.05) is 6.54 Å². The molecule has 0 aromatic rings. The van der Waals surface area contributed by atoms with Gasteiger partial charge < -0.3 is 5.11 Å². The summed E-state index contributed by atoms with van der Waals surface area (Å²) in [5.41, 5.74) is 0. The summed E-state index contributed by atoms with van der Waals surface area (Å²) in [5, 5.41) is 8.38. The van der Waals surface area contributed by atoms with Gasteiger partial charge in [0.25, 0.3) is 0 Å². The Labute approximate surface area is 96.3 Å². The lowest BCUT2D eigenvalue weighted by atomic mass is 9.87. The molecule has 0 aromatic carbocycles. The number of carbonyl (C=O) groups is 1. The molecule has 94 valence electrons. The Morgan fingerprint density at radius 3 is 2.44 bits per heavy atom. The molecule has 0 radical (unpaired) electrons. The Kier molecular flexibility index (Phi) is 5.21. The summed E-state index contributed by atoms with van der Waals surface area (Å²) in [6.07, 6.45) is 6.89. The Hall–Kier alpha value is -0.620. The number of carboxylic acid groups (broad SMARTS) is 1. The van der Waals surface area contributed by atoms with Crippen molar-refractivity contribution in [2.75, 3.05) is 12.3 Å². The molecule has 0 atom stereocenters. The molecule has 1 rings (SSSR count). The molecule has 0 spiro atoms. The van der Waals surface area contributed by atoms with Crippen molar-refractivity contribution in [3.05, 3.63) is 0 Å². The molecule has 0 saturated heterocycles. The molecule has 1 fully saturated rings. The molecule has 0 aromatic heterocycles. The van der Waals surface area contributed by atoms with E-state index in [-0.39, 0.29) is 0 Å². The van der Waals surface area contributed by atoms with Crippen molar-refractivity contribution >= 4 is 16.0 Å². The van der Waals surface area contributed by atoms with E-state index in [0.29, 0.717) is 12.5 Å². The molecule has 2 N–H and O–H groups in total. The number of aliphatic carboxylic acids is 1. The predicted octanol–water partition coefficient (Wildman–Crippen LogP) is 0.961. The molecule has 1 saturated carbocycles. The molecule has 0 amide bonds. The van der Waals surface area contributed by atoms with Gasteiger partial charge in [0.15, 0.2) is 5.75 Å². The minimum Gasteiger partial charge on any atom is -0.480 e. The summed E-state index contributed by atoms with van der Waals surface area (Å²) in [6, 6.07) is 0. The normalized spacial score (nSPS) is 18.5. The van der Waals surface area contributed by atoms with Crippen LogP contribution in [-0.2, 0) is 14.8 Å². The summed E-state index contributed by atoms with van der Waals surface area (Å²) in [5.74, 6) is -1.55. The van der Waals surface area contributed by atoms with E-state index in [1.54, 1.807) is 0 Å². The highest BCUT2D eigenvalue weighted by Crippen LogP contribution is 2.25. The summed E-state index contributed by atoms with van der Waals surface area (Å²) >= 11 is 0. The zero-order valence-electron chi connectivity index (χ0n) is 9.31. The van der Waals surface area contributed by atoms with Gasteiger partial charge >= 0.3 is 5.97 Å². The van der Waals surface area contributed by atoms with Gasteiger partial charge in [-0.25, -0.2) is 13.1 Å². The number of nitrogens with one attached hydrogen (secondary N) is 1. The van der Waals surface area contributed by atoms with Crippen molar-refractivity contribution < 1.29 is 18.3 Å². The van der Waals surface area contributed by atoms with Gasteiger partial charge in [0.2, 0.25) is 10.0 Å². The third kappa shape index (κ3) is 5.46. The standard InChI is InChI=1S/C10H19NO4S/c12-10(13)8-16(14,15)11-7-6-9-4-2-1-3-5-9/h9,11H,1-8H2,(H,12,13). The van der Waals surface area contributed by atoms with Gasteiger partial charge in [0.1, 0.15) is 0 Å². The molecular formula is C10H19NO4S. The average molecular weight is 249 g/mol. The molecule has 0 unspecified atom stereocenters. The minimum atomic E-state index is -3.63. The molecule has 1 aliphatic carbocycles. The van der Waals surface area contributed by atoms with Crippen LogP contribution in [-0.4, -0.2) is 31.8 Å². The first-order valence-electron chi connectivity index (χ1n) is 5.69. The lowest BCUT2D eigenvalue weighted by Crippen LogP contribution is -2.31. The fourth-order valence-electron chi connectivity index (χ4n) is 2.11. The predicted molar refractivity (Wildman–Crippen MR) is 60.6 cm³/mol. The summed E-state index contributed by atoms with van der Waals surface area (Å²) in [4.78, 5) is 10.3. The van der Waals surface area contributed by atoms with Crippen LogP contribution in [0.1, 0.15) is 38.5 Å². The van der Waals surface area contributed by atoms with Crippen molar-refractivity contribution in [3.63, 3.8) is 0 Å². The lowest BCUT2D eigenvalue weighted by Gasteiger charge is -2.21. The third-order valence-electron chi connectivity index (χ3n) is 2.91. The van der Waals surface area contributed by atoms with Crippen LogP contribution >= 0.6 is 0 Å². The van der Waals surface area contributed by atoms with Crippen LogP contribution in [0.4, 0.5) is 0 Å². The lowest BCUT2D eigenvalue weighted by molar-refractivity contribution is -0.134. The monoisotopic (exact) mass is 249 g/mol. The molecule has 6 heteroatoms. The molecule has 0 bridgehead atoms. The van der Waals surface area contributed by atoms with E-state index in [0.717, 1.165) is 6.42 Å². The summed E-state index contributed by atoms with van der Waals surface area (Å²) in [7, 11) is -3.63. The molecule has 5 nitrogen and oxygen atoms in total. The zero-order chi connectivity index (χ0) is 12.0. The molecule has 16 heavy (non-hydrogen) atoms. The van der Waals surface area contributed by atoms with E-state index >= 15 is 0 Å². The molecule has 0 heterocycles. The number of rotatable bonds is 6. The van der Waals surface area contributed by atoms with Crippen molar-refractivity contribution in [1.82, 2.24) is 4.72 Å². The zero-order valence-corrected chi connectivity index (χ0v) is 10.1. The van der Waals surface area contributed by atoms with Crippen LogP contribution in [0.5, 0.6) is 0 Å². The van der Waals surface area contributed by atoms with Gasteiger partial charge in [-0.1, -0.05) is 32.1 Å². The van der Waals surface area contributed by atoms with Gasteiger partial charge in [0.05, 0.1) is 0 Å². The maximum atomic E-state index is 11.2. The second kappa shape index (κ2) is 6.20. The smallest absolute Gasteiger partial charge is 0.320 e. The van der Waals surface area contributed by atoms with Crippen molar-refractivity contribution in [3.8, 4) is 0 Å². The number of carboxylic acids is 1. The fraction of sp³-hybridized carbons (Fsp3) is 0.900. The van der Waals surface area contributed by atoms with Crippen LogP contribution in [0.25, 0.3) is 0 Å². The number of hydrogen-bond acceptors (Lipinski definition) is 3. The second-order valence-electron chi connectivity index (χ2n) is 4.34. The first-order valence-corrected chi connectivity index (χ1v) is 7.34. The van der Waals surface area contributed by atoms with E-state index in [1.807, 2.05) is 0 Å². The van der Waals surface area contributed by atoms with E-state index in [1.165, 1.54) is 32.1 Å².